The van der Waals surface area contributed by atoms with Crippen molar-refractivity contribution in [3.8, 4) is 0 Å². The average Bonchev–Trinajstić information content (AvgIpc) is 2.75. The van der Waals surface area contributed by atoms with E-state index in [0.717, 1.165) is 43.1 Å². The number of nitrogens with zero attached hydrogens (tertiary/aromatic N) is 3. The highest BCUT2D eigenvalue weighted by atomic mass is 16.1. The van der Waals surface area contributed by atoms with E-state index in [9.17, 15) is 4.79 Å². The van der Waals surface area contributed by atoms with Crippen molar-refractivity contribution in [1.82, 2.24) is 14.4 Å². The first-order valence-corrected chi connectivity index (χ1v) is 8.06. The van der Waals surface area contributed by atoms with Crippen molar-refractivity contribution in [2.45, 2.75) is 40.2 Å². The molecule has 0 aromatic carbocycles. The van der Waals surface area contributed by atoms with Crippen LogP contribution in [0, 0.1) is 13.8 Å². The third kappa shape index (κ3) is 3.55. The Morgan fingerprint density at radius 3 is 2.33 bits per heavy atom. The minimum Gasteiger partial charge on any atom is -0.351 e. The van der Waals surface area contributed by atoms with E-state index in [0.29, 0.717) is 12.6 Å². The van der Waals surface area contributed by atoms with Crippen LogP contribution in [0.5, 0.6) is 0 Å². The summed E-state index contributed by atoms with van der Waals surface area (Å²) < 4.78 is 2.09. The summed E-state index contributed by atoms with van der Waals surface area (Å²) in [5.74, 6) is 0.258. The second-order valence-corrected chi connectivity index (χ2v) is 6.34. The first kappa shape index (κ1) is 16.2. The van der Waals surface area contributed by atoms with E-state index in [4.69, 9.17) is 0 Å². The van der Waals surface area contributed by atoms with Crippen LogP contribution in [0.2, 0.25) is 0 Å². The highest BCUT2D eigenvalue weighted by Crippen LogP contribution is 2.15. The van der Waals surface area contributed by atoms with Crippen molar-refractivity contribution in [2.75, 3.05) is 32.7 Å². The molecule has 4 nitrogen and oxygen atoms in total. The molecule has 1 saturated heterocycles. The van der Waals surface area contributed by atoms with Gasteiger partial charge in [0.25, 0.3) is 0 Å². The van der Waals surface area contributed by atoms with Crippen molar-refractivity contribution < 1.29 is 4.79 Å². The molecule has 1 aromatic rings. The fourth-order valence-corrected chi connectivity index (χ4v) is 3.05. The third-order valence-electron chi connectivity index (χ3n) is 5.06. The third-order valence-corrected chi connectivity index (χ3v) is 5.06. The normalized spacial score (nSPS) is 18.9. The summed E-state index contributed by atoms with van der Waals surface area (Å²) in [4.78, 5) is 17.3. The number of piperazine rings is 1. The van der Waals surface area contributed by atoms with Crippen LogP contribution >= 0.6 is 0 Å². The smallest absolute Gasteiger partial charge is 0.178 e. The van der Waals surface area contributed by atoms with Gasteiger partial charge in [0.15, 0.2) is 5.78 Å². The Labute approximate surface area is 128 Å². The molecule has 21 heavy (non-hydrogen) atoms. The van der Waals surface area contributed by atoms with Gasteiger partial charge in [0.05, 0.1) is 6.54 Å². The van der Waals surface area contributed by atoms with E-state index in [1.54, 1.807) is 0 Å². The van der Waals surface area contributed by atoms with Crippen LogP contribution in [0.3, 0.4) is 0 Å². The SMILES string of the molecule is CCC(C)N1CCN(CC(=O)c2cc(C)n(C)c2C)CC1. The molecule has 1 aromatic heterocycles. The van der Waals surface area contributed by atoms with E-state index in [-0.39, 0.29) is 5.78 Å². The maximum atomic E-state index is 12.5. The van der Waals surface area contributed by atoms with Gasteiger partial charge < -0.3 is 4.57 Å². The molecule has 0 radical (unpaired) electrons. The Balaban J connectivity index is 1.91. The van der Waals surface area contributed by atoms with Crippen molar-refractivity contribution in [3.05, 3.63) is 23.0 Å². The van der Waals surface area contributed by atoms with Gasteiger partial charge in [-0.15, -0.1) is 0 Å². The predicted molar refractivity (Wildman–Crippen MR) is 87.0 cm³/mol. The van der Waals surface area contributed by atoms with Crippen molar-refractivity contribution in [3.63, 3.8) is 0 Å². The number of Topliss-reactive ketones (excluding diaryl/α,β-unsaturated/α-hetero) is 1. The number of carbonyl (C=O) groups is 1. The molecule has 1 fully saturated rings. The number of ketones is 1. The highest BCUT2D eigenvalue weighted by molar-refractivity contribution is 5.99. The molecule has 1 atom stereocenters. The zero-order chi connectivity index (χ0) is 15.6. The molecule has 0 aliphatic carbocycles. The van der Waals surface area contributed by atoms with Crippen LogP contribution < -0.4 is 0 Å². The molecule has 0 saturated carbocycles. The zero-order valence-electron chi connectivity index (χ0n) is 14.1. The van der Waals surface area contributed by atoms with Gasteiger partial charge >= 0.3 is 0 Å². The molecule has 0 spiro atoms. The molecule has 118 valence electrons. The molecule has 2 rings (SSSR count). The molecule has 0 N–H and O–H groups in total. The van der Waals surface area contributed by atoms with Crippen LogP contribution in [0.4, 0.5) is 0 Å². The van der Waals surface area contributed by atoms with Crippen LogP contribution in [0.25, 0.3) is 0 Å². The molecule has 1 unspecified atom stereocenters. The van der Waals surface area contributed by atoms with Gasteiger partial charge in [-0.2, -0.15) is 0 Å². The summed E-state index contributed by atoms with van der Waals surface area (Å²) in [5.41, 5.74) is 3.12. The lowest BCUT2D eigenvalue weighted by molar-refractivity contribution is 0.0784. The summed E-state index contributed by atoms with van der Waals surface area (Å²) in [6, 6.07) is 2.68. The quantitative estimate of drug-likeness (QED) is 0.779. The minimum absolute atomic E-state index is 0.258. The number of carbonyl (C=O) groups excluding carboxylic acids is 1. The van der Waals surface area contributed by atoms with E-state index < -0.39 is 0 Å². The Morgan fingerprint density at radius 2 is 1.86 bits per heavy atom. The maximum Gasteiger partial charge on any atom is 0.178 e. The van der Waals surface area contributed by atoms with E-state index in [1.165, 1.54) is 6.42 Å². The Hall–Kier alpha value is -1.13. The van der Waals surface area contributed by atoms with E-state index in [2.05, 4.69) is 35.1 Å². The molecule has 0 amide bonds. The molecule has 2 heterocycles. The lowest BCUT2D eigenvalue weighted by Gasteiger charge is -2.37. The van der Waals surface area contributed by atoms with Crippen LogP contribution in [0.15, 0.2) is 6.07 Å². The summed E-state index contributed by atoms with van der Waals surface area (Å²) in [5, 5.41) is 0. The topological polar surface area (TPSA) is 28.5 Å². The van der Waals surface area contributed by atoms with Gasteiger partial charge in [-0.05, 0) is 33.3 Å². The van der Waals surface area contributed by atoms with Gasteiger partial charge in [-0.3, -0.25) is 14.6 Å². The standard InChI is InChI=1S/C17H29N3O/c1-6-13(2)20-9-7-19(8-10-20)12-17(21)16-11-14(3)18(5)15(16)4/h11,13H,6-10,12H2,1-5H3. The van der Waals surface area contributed by atoms with Gasteiger partial charge in [-0.1, -0.05) is 6.92 Å². The Kier molecular flexibility index (Phi) is 5.22. The van der Waals surface area contributed by atoms with Gasteiger partial charge in [0, 0.05) is 56.2 Å². The summed E-state index contributed by atoms with van der Waals surface area (Å²) in [6.07, 6.45) is 1.20. The van der Waals surface area contributed by atoms with Gasteiger partial charge in [0.1, 0.15) is 0 Å². The Morgan fingerprint density at radius 1 is 1.24 bits per heavy atom. The number of hydrogen-bond donors (Lipinski definition) is 0. The molecule has 0 bridgehead atoms. The lowest BCUT2D eigenvalue weighted by atomic mass is 10.1. The number of aromatic nitrogens is 1. The van der Waals surface area contributed by atoms with Crippen molar-refractivity contribution >= 4 is 5.78 Å². The fraction of sp³-hybridized carbons (Fsp3) is 0.706. The lowest BCUT2D eigenvalue weighted by Crippen LogP contribution is -2.50. The van der Waals surface area contributed by atoms with Crippen LogP contribution in [-0.2, 0) is 7.05 Å². The Bertz CT molecular complexity index is 498. The first-order valence-electron chi connectivity index (χ1n) is 8.06. The molecular formula is C17H29N3O. The maximum absolute atomic E-state index is 12.5. The van der Waals surface area contributed by atoms with Crippen LogP contribution in [-0.4, -0.2) is 58.9 Å². The summed E-state index contributed by atoms with van der Waals surface area (Å²) in [7, 11) is 2.02. The highest BCUT2D eigenvalue weighted by Gasteiger charge is 2.23. The second-order valence-electron chi connectivity index (χ2n) is 6.34. The molecular weight excluding hydrogens is 262 g/mol. The second kappa shape index (κ2) is 6.75. The zero-order valence-corrected chi connectivity index (χ0v) is 14.1. The first-order chi connectivity index (χ1) is 9.93. The van der Waals surface area contributed by atoms with Crippen molar-refractivity contribution in [2.24, 2.45) is 7.05 Å². The van der Waals surface area contributed by atoms with E-state index >= 15 is 0 Å². The van der Waals surface area contributed by atoms with Gasteiger partial charge in [-0.25, -0.2) is 0 Å². The fourth-order valence-electron chi connectivity index (χ4n) is 3.05. The number of aryl methyl sites for hydroxylation is 1. The summed E-state index contributed by atoms with van der Waals surface area (Å²) in [6.45, 7) is 13.3. The molecule has 1 aliphatic heterocycles. The van der Waals surface area contributed by atoms with E-state index in [1.807, 2.05) is 20.0 Å². The largest absolute Gasteiger partial charge is 0.351 e. The average molecular weight is 291 g/mol. The molecule has 1 aliphatic rings. The van der Waals surface area contributed by atoms with Crippen LogP contribution in [0.1, 0.15) is 42.0 Å². The molecule has 4 heteroatoms. The monoisotopic (exact) mass is 291 g/mol. The predicted octanol–water partition coefficient (Wildman–Crippen LogP) is 2.24. The van der Waals surface area contributed by atoms with Crippen molar-refractivity contribution in [1.29, 1.82) is 0 Å². The summed E-state index contributed by atoms with van der Waals surface area (Å²) >= 11 is 0. The van der Waals surface area contributed by atoms with Gasteiger partial charge in [0.2, 0.25) is 0 Å². The minimum atomic E-state index is 0.258. The number of rotatable bonds is 5. The number of hydrogen-bond acceptors (Lipinski definition) is 3.